The molecule has 0 aliphatic rings. The van der Waals surface area contributed by atoms with E-state index < -0.39 is 0 Å². The fraction of sp³-hybridized carbons (Fsp3) is 0.294. The van der Waals surface area contributed by atoms with Gasteiger partial charge in [0.2, 0.25) is 0 Å². The van der Waals surface area contributed by atoms with E-state index in [0.29, 0.717) is 0 Å². The fourth-order valence-electron chi connectivity index (χ4n) is 2.09. The minimum atomic E-state index is 0.126. The minimum absolute atomic E-state index is 0.126. The molecule has 0 fully saturated rings. The van der Waals surface area contributed by atoms with Gasteiger partial charge in [-0.15, -0.1) is 11.8 Å². The molecule has 0 heterocycles. The first-order valence-corrected chi connectivity index (χ1v) is 8.11. The van der Waals surface area contributed by atoms with E-state index in [1.165, 1.54) is 16.0 Å². The summed E-state index contributed by atoms with van der Waals surface area (Å²) in [4.78, 5) is 1.29. The van der Waals surface area contributed by atoms with E-state index in [9.17, 15) is 0 Å². The summed E-state index contributed by atoms with van der Waals surface area (Å²) in [5.74, 6) is 0. The van der Waals surface area contributed by atoms with Crippen molar-refractivity contribution in [3.8, 4) is 0 Å². The molecule has 0 saturated heterocycles. The Morgan fingerprint density at radius 1 is 1.10 bits per heavy atom. The zero-order valence-corrected chi connectivity index (χ0v) is 13.4. The van der Waals surface area contributed by atoms with Gasteiger partial charge in [0.15, 0.2) is 0 Å². The molecule has 2 unspecified atom stereocenters. The first-order chi connectivity index (χ1) is 9.61. The van der Waals surface area contributed by atoms with Crippen molar-refractivity contribution < 1.29 is 0 Å². The molecule has 0 aromatic heterocycles. The van der Waals surface area contributed by atoms with Crippen LogP contribution in [0.15, 0.2) is 53.4 Å². The lowest BCUT2D eigenvalue weighted by molar-refractivity contribution is 0.634. The Labute approximate surface area is 130 Å². The van der Waals surface area contributed by atoms with Crippen molar-refractivity contribution in [2.45, 2.75) is 36.5 Å². The molecule has 0 amide bonds. The molecular weight excluding hydrogens is 286 g/mol. The van der Waals surface area contributed by atoms with Gasteiger partial charge >= 0.3 is 0 Å². The van der Waals surface area contributed by atoms with E-state index >= 15 is 0 Å². The van der Waals surface area contributed by atoms with E-state index in [2.05, 4.69) is 50.2 Å². The van der Waals surface area contributed by atoms with Crippen LogP contribution in [0.4, 0.5) is 0 Å². The van der Waals surface area contributed by atoms with Crippen molar-refractivity contribution >= 4 is 23.4 Å². The van der Waals surface area contributed by atoms with Crippen LogP contribution in [0.3, 0.4) is 0 Å². The molecule has 1 nitrogen and oxygen atoms in total. The number of nitrogens with two attached hydrogens (primary N) is 1. The van der Waals surface area contributed by atoms with Crippen LogP contribution < -0.4 is 5.73 Å². The molecule has 2 aromatic carbocycles. The van der Waals surface area contributed by atoms with Gasteiger partial charge in [-0.05, 0) is 42.7 Å². The average molecular weight is 306 g/mol. The molecule has 3 heteroatoms. The number of hydrogen-bond donors (Lipinski definition) is 1. The Bertz CT molecular complexity index is 553. The highest BCUT2D eigenvalue weighted by Crippen LogP contribution is 2.39. The summed E-state index contributed by atoms with van der Waals surface area (Å²) in [6.07, 6.45) is 0.951. The first-order valence-electron chi connectivity index (χ1n) is 6.85. The molecule has 0 aliphatic carbocycles. The first kappa shape index (κ1) is 15.4. The van der Waals surface area contributed by atoms with Crippen LogP contribution in [0.2, 0.25) is 5.02 Å². The standard InChI is InChI=1S/C17H20ClNS/c1-3-15(19)17(13-8-10-14(18)11-9-13)20-16-7-5-4-6-12(16)2/h4-11,15,17H,3,19H2,1-2H3. The van der Waals surface area contributed by atoms with Crippen LogP contribution in [-0.2, 0) is 0 Å². The van der Waals surface area contributed by atoms with Crippen molar-refractivity contribution in [3.63, 3.8) is 0 Å². The van der Waals surface area contributed by atoms with Gasteiger partial charge in [0, 0.05) is 21.2 Å². The number of halogens is 1. The van der Waals surface area contributed by atoms with Gasteiger partial charge < -0.3 is 5.73 Å². The Kier molecular flexibility index (Phi) is 5.53. The highest BCUT2D eigenvalue weighted by atomic mass is 35.5. The third-order valence-corrected chi connectivity index (χ3v) is 5.25. The quantitative estimate of drug-likeness (QED) is 0.766. The molecular formula is C17H20ClNS. The molecule has 2 rings (SSSR count). The van der Waals surface area contributed by atoms with E-state index in [-0.39, 0.29) is 11.3 Å². The Hall–Kier alpha value is -0.960. The maximum absolute atomic E-state index is 6.33. The molecule has 2 atom stereocenters. The minimum Gasteiger partial charge on any atom is -0.326 e. The average Bonchev–Trinajstić information content (AvgIpc) is 2.47. The predicted molar refractivity (Wildman–Crippen MR) is 89.5 cm³/mol. The monoisotopic (exact) mass is 305 g/mol. The lowest BCUT2D eigenvalue weighted by Crippen LogP contribution is -2.25. The maximum Gasteiger partial charge on any atom is 0.0495 e. The van der Waals surface area contributed by atoms with E-state index in [1.54, 1.807) is 0 Å². The van der Waals surface area contributed by atoms with Gasteiger partial charge in [-0.25, -0.2) is 0 Å². The fourth-order valence-corrected chi connectivity index (χ4v) is 3.57. The number of rotatable bonds is 5. The van der Waals surface area contributed by atoms with Crippen molar-refractivity contribution in [1.29, 1.82) is 0 Å². The highest BCUT2D eigenvalue weighted by molar-refractivity contribution is 7.99. The van der Waals surface area contributed by atoms with Crippen LogP contribution >= 0.6 is 23.4 Å². The van der Waals surface area contributed by atoms with E-state index in [1.807, 2.05) is 23.9 Å². The highest BCUT2D eigenvalue weighted by Gasteiger charge is 2.20. The van der Waals surface area contributed by atoms with E-state index in [0.717, 1.165) is 11.4 Å². The second-order valence-corrected chi connectivity index (χ2v) is 6.55. The third kappa shape index (κ3) is 3.78. The summed E-state index contributed by atoms with van der Waals surface area (Å²) in [6, 6.07) is 16.6. The molecule has 0 bridgehead atoms. The smallest absolute Gasteiger partial charge is 0.0495 e. The molecule has 0 aliphatic heterocycles. The second-order valence-electron chi connectivity index (χ2n) is 4.93. The van der Waals surface area contributed by atoms with Crippen LogP contribution in [-0.4, -0.2) is 6.04 Å². The Balaban J connectivity index is 2.29. The number of benzene rings is 2. The third-order valence-electron chi connectivity index (χ3n) is 3.41. The summed E-state index contributed by atoms with van der Waals surface area (Å²) >= 11 is 7.82. The summed E-state index contributed by atoms with van der Waals surface area (Å²) in [7, 11) is 0. The Morgan fingerprint density at radius 3 is 2.35 bits per heavy atom. The second kappa shape index (κ2) is 7.16. The van der Waals surface area contributed by atoms with Crippen molar-refractivity contribution in [1.82, 2.24) is 0 Å². The predicted octanol–water partition coefficient (Wildman–Crippen LogP) is 5.22. The molecule has 0 saturated carbocycles. The summed E-state index contributed by atoms with van der Waals surface area (Å²) < 4.78 is 0. The van der Waals surface area contributed by atoms with Gasteiger partial charge in [-0.1, -0.05) is 48.9 Å². The van der Waals surface area contributed by atoms with Gasteiger partial charge in [0.1, 0.15) is 0 Å². The number of aryl methyl sites for hydroxylation is 1. The zero-order valence-electron chi connectivity index (χ0n) is 11.8. The molecule has 0 spiro atoms. The van der Waals surface area contributed by atoms with Crippen LogP contribution in [0.25, 0.3) is 0 Å². The van der Waals surface area contributed by atoms with Gasteiger partial charge in [-0.2, -0.15) is 0 Å². The van der Waals surface area contributed by atoms with Crippen LogP contribution in [0.1, 0.15) is 29.7 Å². The lowest BCUT2D eigenvalue weighted by Gasteiger charge is -2.23. The number of thioether (sulfide) groups is 1. The zero-order chi connectivity index (χ0) is 14.5. The molecule has 2 N–H and O–H groups in total. The summed E-state index contributed by atoms with van der Waals surface area (Å²) in [6.45, 7) is 4.27. The number of hydrogen-bond acceptors (Lipinski definition) is 2. The SMILES string of the molecule is CCC(N)C(Sc1ccccc1C)c1ccc(Cl)cc1. The molecule has 106 valence electrons. The van der Waals surface area contributed by atoms with Gasteiger partial charge in [0.05, 0.1) is 0 Å². The largest absolute Gasteiger partial charge is 0.326 e. The Morgan fingerprint density at radius 2 is 1.75 bits per heavy atom. The van der Waals surface area contributed by atoms with Gasteiger partial charge in [0.25, 0.3) is 0 Å². The lowest BCUT2D eigenvalue weighted by atomic mass is 10.0. The maximum atomic E-state index is 6.33. The topological polar surface area (TPSA) is 26.0 Å². The van der Waals surface area contributed by atoms with Crippen LogP contribution in [0, 0.1) is 6.92 Å². The van der Waals surface area contributed by atoms with Crippen molar-refractivity contribution in [2.75, 3.05) is 0 Å². The molecule has 0 radical (unpaired) electrons. The van der Waals surface area contributed by atoms with Crippen molar-refractivity contribution in [2.24, 2.45) is 5.73 Å². The molecule has 20 heavy (non-hydrogen) atoms. The molecule has 2 aromatic rings. The normalized spacial score (nSPS) is 14.0. The van der Waals surface area contributed by atoms with Crippen LogP contribution in [0.5, 0.6) is 0 Å². The van der Waals surface area contributed by atoms with Crippen molar-refractivity contribution in [3.05, 3.63) is 64.7 Å². The van der Waals surface area contributed by atoms with Gasteiger partial charge in [-0.3, -0.25) is 0 Å². The summed E-state index contributed by atoms with van der Waals surface area (Å²) in [5.41, 5.74) is 8.86. The summed E-state index contributed by atoms with van der Waals surface area (Å²) in [5, 5.41) is 1.01. The van der Waals surface area contributed by atoms with E-state index in [4.69, 9.17) is 17.3 Å².